The Kier molecular flexibility index (Phi) is 9.58. The predicted molar refractivity (Wildman–Crippen MR) is 160 cm³/mol. The number of methoxy groups -OCH3 is 2. The molecule has 240 valence electrons. The molecule has 1 aliphatic heterocycles. The van der Waals surface area contributed by atoms with Crippen LogP contribution in [0.15, 0.2) is 52.2 Å². The van der Waals surface area contributed by atoms with Crippen molar-refractivity contribution in [3.63, 3.8) is 0 Å². The molecule has 0 aliphatic carbocycles. The van der Waals surface area contributed by atoms with Crippen LogP contribution in [0.5, 0.6) is 5.75 Å². The van der Waals surface area contributed by atoms with Crippen LogP contribution < -0.4 is 20.3 Å². The minimum atomic E-state index is -4.36. The van der Waals surface area contributed by atoms with Gasteiger partial charge in [0, 0.05) is 27.5 Å². The maximum Gasteiger partial charge on any atom is 0.420 e. The van der Waals surface area contributed by atoms with Crippen LogP contribution in [0.25, 0.3) is 10.9 Å². The first kappa shape index (κ1) is 33.1. The second-order valence-corrected chi connectivity index (χ2v) is 12.0. The zero-order chi connectivity index (χ0) is 33.1. The van der Waals surface area contributed by atoms with Gasteiger partial charge in [0.2, 0.25) is 5.91 Å². The summed E-state index contributed by atoms with van der Waals surface area (Å²) in [7, 11) is -0.469. The largest absolute Gasteiger partial charge is 0.495 e. The molecule has 1 fully saturated rings. The highest BCUT2D eigenvalue weighted by molar-refractivity contribution is 7.90. The maximum absolute atomic E-state index is 14.1. The van der Waals surface area contributed by atoms with Crippen molar-refractivity contribution >= 4 is 50.4 Å². The number of nitrogens with zero attached hydrogens (tertiary/aromatic N) is 3. The molecule has 2 atom stereocenters. The highest BCUT2D eigenvalue weighted by Crippen LogP contribution is 2.35. The Labute approximate surface area is 258 Å². The molecule has 2 heterocycles. The summed E-state index contributed by atoms with van der Waals surface area (Å²) in [6.07, 6.45) is 0.861. The Morgan fingerprint density at radius 2 is 1.80 bits per heavy atom. The minimum Gasteiger partial charge on any atom is -0.495 e. The third kappa shape index (κ3) is 6.51. The second-order valence-electron chi connectivity index (χ2n) is 10.3. The van der Waals surface area contributed by atoms with E-state index in [1.807, 2.05) is 11.6 Å². The van der Waals surface area contributed by atoms with Gasteiger partial charge in [-0.1, -0.05) is 31.9 Å². The van der Waals surface area contributed by atoms with Crippen LogP contribution >= 0.6 is 0 Å². The molecule has 1 aliphatic rings. The van der Waals surface area contributed by atoms with Crippen LogP contribution in [0.2, 0.25) is 0 Å². The van der Waals surface area contributed by atoms with Crippen LogP contribution in [-0.4, -0.2) is 66.7 Å². The predicted octanol–water partition coefficient (Wildman–Crippen LogP) is 2.35. The molecule has 0 spiro atoms. The third-order valence-electron chi connectivity index (χ3n) is 7.28. The van der Waals surface area contributed by atoms with Gasteiger partial charge in [-0.2, -0.15) is 4.98 Å². The van der Waals surface area contributed by atoms with Gasteiger partial charge in [-0.15, -0.1) is 0 Å². The number of imide groups is 1. The highest BCUT2D eigenvalue weighted by Gasteiger charge is 2.56. The van der Waals surface area contributed by atoms with Gasteiger partial charge in [0.1, 0.15) is 11.6 Å². The van der Waals surface area contributed by atoms with E-state index in [9.17, 15) is 32.4 Å². The number of cyclic esters (lactones) is 1. The number of carbonyl (C=O) groups is 4. The fourth-order valence-corrected chi connectivity index (χ4v) is 5.81. The zero-order valence-corrected chi connectivity index (χ0v) is 26.1. The monoisotopic (exact) mass is 643 g/mol. The number of unbranched alkanes of at least 4 members (excludes halogenated alkanes) is 2. The number of aryl methyl sites for hydroxylation is 1. The molecule has 15 nitrogen and oxygen atoms in total. The molecule has 1 saturated heterocycles. The third-order valence-corrected chi connectivity index (χ3v) is 8.65. The Morgan fingerprint density at radius 3 is 2.44 bits per heavy atom. The van der Waals surface area contributed by atoms with Crippen molar-refractivity contribution in [2.24, 2.45) is 7.05 Å². The fraction of sp³-hybridized carbons (Fsp3) is 0.379. The number of nitrogens with one attached hydrogen (secondary N) is 2. The lowest BCUT2D eigenvalue weighted by molar-refractivity contribution is -0.176. The number of rotatable bonds is 12. The van der Waals surface area contributed by atoms with Crippen molar-refractivity contribution in [3.05, 3.63) is 58.6 Å². The van der Waals surface area contributed by atoms with Gasteiger partial charge in [0.25, 0.3) is 27.3 Å². The Morgan fingerprint density at radius 1 is 1.09 bits per heavy atom. The van der Waals surface area contributed by atoms with Gasteiger partial charge in [-0.3, -0.25) is 19.2 Å². The molecule has 0 radical (unpaired) electrons. The Bertz CT molecular complexity index is 1840. The average molecular weight is 644 g/mol. The van der Waals surface area contributed by atoms with Crippen molar-refractivity contribution in [2.45, 2.75) is 56.3 Å². The molecule has 2 unspecified atom stereocenters. The number of hydrogen-bond donors (Lipinski definition) is 2. The lowest BCUT2D eigenvalue weighted by Gasteiger charge is -2.26. The molecule has 45 heavy (non-hydrogen) atoms. The summed E-state index contributed by atoms with van der Waals surface area (Å²) < 4.78 is 44.9. The van der Waals surface area contributed by atoms with Crippen LogP contribution in [0, 0.1) is 0 Å². The molecule has 0 bridgehead atoms. The minimum absolute atomic E-state index is 0.00628. The van der Waals surface area contributed by atoms with E-state index >= 15 is 0 Å². The Hall–Kier alpha value is -4.83. The van der Waals surface area contributed by atoms with Crippen LogP contribution in [0.3, 0.4) is 0 Å². The number of fused-ring (bicyclic) bond motifs is 1. The first-order valence-corrected chi connectivity index (χ1v) is 15.4. The molecule has 3 aromatic rings. The summed E-state index contributed by atoms with van der Waals surface area (Å²) >= 11 is 0. The van der Waals surface area contributed by atoms with E-state index in [0.29, 0.717) is 16.8 Å². The van der Waals surface area contributed by atoms with E-state index in [0.717, 1.165) is 26.0 Å². The number of aromatic nitrogens is 2. The van der Waals surface area contributed by atoms with E-state index < -0.39 is 51.2 Å². The summed E-state index contributed by atoms with van der Waals surface area (Å²) in [6, 6.07) is 7.97. The average Bonchev–Trinajstić information content (AvgIpc) is 3.23. The SMILES string of the molecule is CCCCCC(=O)NS(=O)(=O)c1ccc(OC)c(NC(=O)C(c2nc(=O)c3ccccc3n2C)N2C(=O)OC(C)(OC)C2=O)c1. The number of amides is 4. The van der Waals surface area contributed by atoms with Crippen molar-refractivity contribution in [1.82, 2.24) is 19.2 Å². The van der Waals surface area contributed by atoms with E-state index in [2.05, 4.69) is 10.3 Å². The lowest BCUT2D eigenvalue weighted by Crippen LogP contribution is -2.46. The molecular formula is C29H33N5O10S. The molecule has 0 saturated carbocycles. The highest BCUT2D eigenvalue weighted by atomic mass is 32.2. The first-order valence-electron chi connectivity index (χ1n) is 13.9. The number of anilines is 1. The number of ether oxygens (including phenoxy) is 3. The standard InChI is InChI=1S/C29H33N5O10S/c1-6-7-8-13-22(35)32-45(40,41)17-14-15-21(42-4)19(16-17)30-26(37)23(34-27(38)29(2,43-5)44-28(34)39)24-31-25(36)18-11-9-10-12-20(18)33(24)3/h9-12,14-16,23H,6-8,13H2,1-5H3,(H,30,37)(H,32,35). The van der Waals surface area contributed by atoms with E-state index in [4.69, 9.17) is 14.2 Å². The van der Waals surface area contributed by atoms with Crippen LogP contribution in [0.1, 0.15) is 51.4 Å². The van der Waals surface area contributed by atoms with Crippen molar-refractivity contribution < 1.29 is 41.8 Å². The number of hydrogen-bond acceptors (Lipinski definition) is 11. The normalized spacial score (nSPS) is 17.2. The topological polar surface area (TPSA) is 192 Å². The van der Waals surface area contributed by atoms with E-state index in [1.165, 1.54) is 43.8 Å². The van der Waals surface area contributed by atoms with Crippen molar-refractivity contribution in [2.75, 3.05) is 19.5 Å². The number of benzene rings is 2. The van der Waals surface area contributed by atoms with Crippen LogP contribution in [-0.2, 0) is 40.9 Å². The van der Waals surface area contributed by atoms with Crippen LogP contribution in [0.4, 0.5) is 10.5 Å². The molecule has 2 N–H and O–H groups in total. The quantitative estimate of drug-likeness (QED) is 0.275. The first-order chi connectivity index (χ1) is 21.3. The lowest BCUT2D eigenvalue weighted by atomic mass is 10.1. The molecule has 4 amide bonds. The van der Waals surface area contributed by atoms with E-state index in [-0.39, 0.29) is 34.0 Å². The molecule has 2 aromatic carbocycles. The van der Waals surface area contributed by atoms with Gasteiger partial charge in [-0.25, -0.2) is 22.8 Å². The summed E-state index contributed by atoms with van der Waals surface area (Å²) in [5.74, 6) is -5.19. The van der Waals surface area contributed by atoms with E-state index in [1.54, 1.807) is 18.2 Å². The summed E-state index contributed by atoms with van der Waals surface area (Å²) in [4.78, 5) is 69.9. The second kappa shape index (κ2) is 13.0. The van der Waals surface area contributed by atoms with Gasteiger partial charge in [-0.05, 0) is 36.8 Å². The molecular weight excluding hydrogens is 610 g/mol. The van der Waals surface area contributed by atoms with Crippen molar-refractivity contribution in [1.29, 1.82) is 0 Å². The number of para-hydroxylation sites is 1. The van der Waals surface area contributed by atoms with Gasteiger partial charge in [0.05, 0.1) is 28.6 Å². The zero-order valence-electron chi connectivity index (χ0n) is 25.3. The van der Waals surface area contributed by atoms with Gasteiger partial charge >= 0.3 is 12.0 Å². The Balaban J connectivity index is 1.79. The number of sulfonamides is 1. The summed E-state index contributed by atoms with van der Waals surface area (Å²) in [5, 5.41) is 2.71. The fourth-order valence-electron chi connectivity index (χ4n) is 4.77. The molecule has 16 heteroatoms. The van der Waals surface area contributed by atoms with Gasteiger partial charge in [0.15, 0.2) is 6.04 Å². The van der Waals surface area contributed by atoms with Gasteiger partial charge < -0.3 is 24.1 Å². The van der Waals surface area contributed by atoms with Crippen molar-refractivity contribution in [3.8, 4) is 5.75 Å². The molecule has 4 rings (SSSR count). The summed E-state index contributed by atoms with van der Waals surface area (Å²) in [6.45, 7) is 3.13. The smallest absolute Gasteiger partial charge is 0.420 e. The molecule has 1 aromatic heterocycles. The summed E-state index contributed by atoms with van der Waals surface area (Å²) in [5.41, 5.74) is -0.569. The number of carbonyl (C=O) groups excluding carboxylic acids is 4. The maximum atomic E-state index is 14.1.